The first-order valence-electron chi connectivity index (χ1n) is 7.14. The summed E-state index contributed by atoms with van der Waals surface area (Å²) in [5, 5.41) is 8.06. The van der Waals surface area contributed by atoms with Gasteiger partial charge in [-0.25, -0.2) is 4.98 Å². The van der Waals surface area contributed by atoms with Crippen molar-refractivity contribution in [1.29, 1.82) is 0 Å². The van der Waals surface area contributed by atoms with Crippen molar-refractivity contribution in [1.82, 2.24) is 20.2 Å². The number of hydrogen-bond acceptors (Lipinski definition) is 4. The van der Waals surface area contributed by atoms with Gasteiger partial charge in [-0.05, 0) is 17.7 Å². The fourth-order valence-corrected chi connectivity index (χ4v) is 2.56. The summed E-state index contributed by atoms with van der Waals surface area (Å²) >= 11 is 0. The van der Waals surface area contributed by atoms with Crippen molar-refractivity contribution in [3.05, 3.63) is 60.4 Å². The van der Waals surface area contributed by atoms with Gasteiger partial charge in [0.05, 0.1) is 28.9 Å². The highest BCUT2D eigenvalue weighted by atomic mass is 15.2. The maximum atomic E-state index is 4.72. The van der Waals surface area contributed by atoms with E-state index in [0.29, 0.717) is 0 Å². The summed E-state index contributed by atoms with van der Waals surface area (Å²) in [6, 6.07) is 14.3. The van der Waals surface area contributed by atoms with Crippen LogP contribution in [0, 0.1) is 0 Å². The molecule has 0 aliphatic rings. The van der Waals surface area contributed by atoms with Gasteiger partial charge in [-0.1, -0.05) is 30.3 Å². The van der Waals surface area contributed by atoms with E-state index in [1.54, 1.807) is 6.20 Å². The van der Waals surface area contributed by atoms with E-state index in [-0.39, 0.29) is 0 Å². The molecule has 4 rings (SSSR count). The average molecular weight is 289 g/mol. The lowest BCUT2D eigenvalue weighted by atomic mass is 10.2. The van der Waals surface area contributed by atoms with Crippen molar-refractivity contribution in [2.75, 3.05) is 11.9 Å². The van der Waals surface area contributed by atoms with Gasteiger partial charge < -0.3 is 4.90 Å². The quantitative estimate of drug-likeness (QED) is 0.629. The maximum absolute atomic E-state index is 4.72. The lowest BCUT2D eigenvalue weighted by Crippen LogP contribution is -2.17. The van der Waals surface area contributed by atoms with Crippen molar-refractivity contribution in [2.24, 2.45) is 0 Å². The average Bonchev–Trinajstić information content (AvgIpc) is 3.00. The van der Waals surface area contributed by atoms with Crippen LogP contribution in [0.2, 0.25) is 0 Å². The minimum absolute atomic E-state index is 0.799. The summed E-state index contributed by atoms with van der Waals surface area (Å²) in [4.78, 5) is 11.3. The molecule has 2 heterocycles. The number of anilines is 1. The Hall–Kier alpha value is -2.95. The molecular weight excluding hydrogens is 274 g/mol. The van der Waals surface area contributed by atoms with Gasteiger partial charge in [-0.15, -0.1) is 0 Å². The first kappa shape index (κ1) is 12.8. The zero-order valence-corrected chi connectivity index (χ0v) is 12.2. The molecule has 108 valence electrons. The zero-order valence-electron chi connectivity index (χ0n) is 12.2. The number of nitrogens with one attached hydrogen (secondary N) is 1. The van der Waals surface area contributed by atoms with Crippen LogP contribution in [0.25, 0.3) is 21.9 Å². The van der Waals surface area contributed by atoms with Gasteiger partial charge >= 0.3 is 0 Å². The van der Waals surface area contributed by atoms with Gasteiger partial charge in [-0.3, -0.25) is 10.1 Å². The van der Waals surface area contributed by atoms with Crippen LogP contribution in [0.1, 0.15) is 5.56 Å². The van der Waals surface area contributed by atoms with Gasteiger partial charge in [0.1, 0.15) is 5.82 Å². The number of hydrogen-bond donors (Lipinski definition) is 1. The molecule has 0 unspecified atom stereocenters. The van der Waals surface area contributed by atoms with E-state index in [1.165, 1.54) is 5.56 Å². The number of nitrogens with zero attached hydrogens (tertiary/aromatic N) is 4. The molecule has 1 N–H and O–H groups in total. The summed E-state index contributed by atoms with van der Waals surface area (Å²) in [5.74, 6) is 0.857. The van der Waals surface area contributed by atoms with Crippen molar-refractivity contribution >= 4 is 27.8 Å². The highest BCUT2D eigenvalue weighted by Crippen LogP contribution is 2.21. The third kappa shape index (κ3) is 2.26. The van der Waals surface area contributed by atoms with Crippen molar-refractivity contribution in [2.45, 2.75) is 6.54 Å². The number of H-pyrrole nitrogens is 1. The standard InChI is InChI=1S/C17H15N5/c1-22(11-12-5-3-2-4-6-12)17-10-18-15-7-13-9-19-21-14(13)8-16(15)20-17/h2-10H,11H2,1H3,(H,19,21). The molecule has 0 bridgehead atoms. The fourth-order valence-electron chi connectivity index (χ4n) is 2.56. The molecule has 5 heteroatoms. The third-order valence-electron chi connectivity index (χ3n) is 3.74. The molecule has 0 amide bonds. The normalized spacial score (nSPS) is 11.1. The first-order chi connectivity index (χ1) is 10.8. The maximum Gasteiger partial charge on any atom is 0.147 e. The molecule has 0 saturated heterocycles. The molecule has 0 aliphatic carbocycles. The molecule has 0 fully saturated rings. The van der Waals surface area contributed by atoms with E-state index >= 15 is 0 Å². The molecule has 0 radical (unpaired) electrons. The van der Waals surface area contributed by atoms with Gasteiger partial charge in [0.15, 0.2) is 0 Å². The van der Waals surface area contributed by atoms with Crippen LogP contribution in [0.4, 0.5) is 5.82 Å². The number of benzene rings is 2. The summed E-state index contributed by atoms with van der Waals surface area (Å²) in [6.07, 6.45) is 3.61. The zero-order chi connectivity index (χ0) is 14.9. The molecule has 4 aromatic rings. The predicted molar refractivity (Wildman–Crippen MR) is 87.7 cm³/mol. The lowest BCUT2D eigenvalue weighted by Gasteiger charge is -2.18. The molecule has 0 aliphatic heterocycles. The molecule has 0 spiro atoms. The van der Waals surface area contributed by atoms with Gasteiger partial charge in [-0.2, -0.15) is 5.10 Å². The highest BCUT2D eigenvalue weighted by Gasteiger charge is 2.07. The summed E-state index contributed by atoms with van der Waals surface area (Å²) < 4.78 is 0. The predicted octanol–water partition coefficient (Wildman–Crippen LogP) is 3.14. The van der Waals surface area contributed by atoms with Gasteiger partial charge in [0.25, 0.3) is 0 Å². The van der Waals surface area contributed by atoms with E-state index in [1.807, 2.05) is 43.6 Å². The van der Waals surface area contributed by atoms with Crippen LogP contribution in [0.15, 0.2) is 54.9 Å². The van der Waals surface area contributed by atoms with E-state index in [4.69, 9.17) is 4.98 Å². The Labute approximate surface area is 127 Å². The monoisotopic (exact) mass is 289 g/mol. The molecule has 22 heavy (non-hydrogen) atoms. The molecule has 5 nitrogen and oxygen atoms in total. The summed E-state index contributed by atoms with van der Waals surface area (Å²) in [7, 11) is 2.03. The van der Waals surface area contributed by atoms with Crippen LogP contribution in [0.5, 0.6) is 0 Å². The van der Waals surface area contributed by atoms with E-state index < -0.39 is 0 Å². The largest absolute Gasteiger partial charge is 0.354 e. The Kier molecular flexibility index (Phi) is 2.96. The summed E-state index contributed by atoms with van der Waals surface area (Å²) in [6.45, 7) is 0.799. The second-order valence-corrected chi connectivity index (χ2v) is 5.37. The minimum Gasteiger partial charge on any atom is -0.354 e. The van der Waals surface area contributed by atoms with Gasteiger partial charge in [0.2, 0.25) is 0 Å². The minimum atomic E-state index is 0.799. The van der Waals surface area contributed by atoms with E-state index in [2.05, 4.69) is 32.2 Å². The number of fused-ring (bicyclic) bond motifs is 2. The van der Waals surface area contributed by atoms with E-state index in [9.17, 15) is 0 Å². The molecule has 0 saturated carbocycles. The smallest absolute Gasteiger partial charge is 0.147 e. The van der Waals surface area contributed by atoms with Crippen LogP contribution in [0.3, 0.4) is 0 Å². The SMILES string of the molecule is CN(Cc1ccccc1)c1cnc2cc3cn[nH]c3cc2n1. The Morgan fingerprint density at radius 1 is 1.05 bits per heavy atom. The lowest BCUT2D eigenvalue weighted by molar-refractivity contribution is 0.897. The van der Waals surface area contributed by atoms with Crippen LogP contribution in [-0.4, -0.2) is 27.2 Å². The summed E-state index contributed by atoms with van der Waals surface area (Å²) in [5.41, 5.74) is 3.97. The number of aromatic nitrogens is 4. The molecular formula is C17H15N5. The topological polar surface area (TPSA) is 57.7 Å². The third-order valence-corrected chi connectivity index (χ3v) is 3.74. The first-order valence-corrected chi connectivity index (χ1v) is 7.14. The van der Waals surface area contributed by atoms with Gasteiger partial charge in [0, 0.05) is 19.0 Å². The molecule has 2 aromatic heterocycles. The Morgan fingerprint density at radius 3 is 2.77 bits per heavy atom. The van der Waals surface area contributed by atoms with E-state index in [0.717, 1.165) is 34.3 Å². The van der Waals surface area contributed by atoms with Crippen molar-refractivity contribution < 1.29 is 0 Å². The number of aromatic amines is 1. The second kappa shape index (κ2) is 5.11. The van der Waals surface area contributed by atoms with Crippen molar-refractivity contribution in [3.63, 3.8) is 0 Å². The van der Waals surface area contributed by atoms with Crippen molar-refractivity contribution in [3.8, 4) is 0 Å². The molecule has 0 atom stereocenters. The Bertz CT molecular complexity index is 930. The van der Waals surface area contributed by atoms with Crippen LogP contribution in [-0.2, 0) is 6.54 Å². The van der Waals surface area contributed by atoms with Crippen LogP contribution < -0.4 is 4.90 Å². The second-order valence-electron chi connectivity index (χ2n) is 5.37. The fraction of sp³-hybridized carbons (Fsp3) is 0.118. The Morgan fingerprint density at radius 2 is 1.91 bits per heavy atom. The van der Waals surface area contributed by atoms with Crippen LogP contribution >= 0.6 is 0 Å². The number of rotatable bonds is 3. The highest BCUT2D eigenvalue weighted by molar-refractivity contribution is 5.92. The molecule has 2 aromatic carbocycles. The Balaban J connectivity index is 1.70.